The predicted octanol–water partition coefficient (Wildman–Crippen LogP) is 1.59. The van der Waals surface area contributed by atoms with E-state index in [2.05, 4.69) is 11.8 Å². The summed E-state index contributed by atoms with van der Waals surface area (Å²) in [4.78, 5) is 44.6. The molecule has 2 atom stereocenters. The Morgan fingerprint density at radius 2 is 1.88 bits per heavy atom. The fourth-order valence-electron chi connectivity index (χ4n) is 4.93. The van der Waals surface area contributed by atoms with E-state index in [0.717, 1.165) is 24.4 Å². The lowest BCUT2D eigenvalue weighted by molar-refractivity contribution is -0.140. The molecule has 0 radical (unpaired) electrons. The molecule has 1 aromatic rings. The highest BCUT2D eigenvalue weighted by atomic mass is 16.5. The molecule has 174 valence electrons. The van der Waals surface area contributed by atoms with Crippen molar-refractivity contribution in [1.29, 1.82) is 0 Å². The topological polar surface area (TPSA) is 73.4 Å². The minimum Gasteiger partial charge on any atom is -0.494 e. The van der Waals surface area contributed by atoms with Crippen LogP contribution in [-0.4, -0.2) is 91.4 Å². The van der Waals surface area contributed by atoms with Crippen LogP contribution in [0.25, 0.3) is 0 Å². The van der Waals surface area contributed by atoms with Crippen molar-refractivity contribution in [2.24, 2.45) is 5.92 Å². The van der Waals surface area contributed by atoms with Gasteiger partial charge in [0.15, 0.2) is 0 Å². The molecule has 3 fully saturated rings. The summed E-state index contributed by atoms with van der Waals surface area (Å²) < 4.78 is 5.88. The maximum Gasteiger partial charge on any atom is 0.246 e. The third kappa shape index (κ3) is 5.06. The second kappa shape index (κ2) is 9.90. The summed E-state index contributed by atoms with van der Waals surface area (Å²) >= 11 is 0. The van der Waals surface area contributed by atoms with E-state index in [9.17, 15) is 14.4 Å². The van der Waals surface area contributed by atoms with Gasteiger partial charge in [-0.2, -0.15) is 0 Å². The Kier molecular flexibility index (Phi) is 6.98. The van der Waals surface area contributed by atoms with E-state index in [0.29, 0.717) is 32.3 Å². The van der Waals surface area contributed by atoms with Gasteiger partial charge in [-0.05, 0) is 57.0 Å². The van der Waals surface area contributed by atoms with Crippen LogP contribution in [0, 0.1) is 5.92 Å². The largest absolute Gasteiger partial charge is 0.494 e. The summed E-state index contributed by atoms with van der Waals surface area (Å²) in [6, 6.07) is 8.29. The summed E-state index contributed by atoms with van der Waals surface area (Å²) in [5.74, 6) is 0.260. The number of benzene rings is 1. The zero-order valence-corrected chi connectivity index (χ0v) is 19.2. The molecule has 0 aromatic heterocycles. The van der Waals surface area contributed by atoms with Crippen LogP contribution in [0.4, 0.5) is 5.69 Å². The highest BCUT2D eigenvalue weighted by Crippen LogP contribution is 2.24. The minimum absolute atomic E-state index is 0.0128. The van der Waals surface area contributed by atoms with Crippen LogP contribution in [0.2, 0.25) is 0 Å². The maximum absolute atomic E-state index is 12.7. The van der Waals surface area contributed by atoms with Crippen molar-refractivity contribution in [1.82, 2.24) is 14.7 Å². The molecule has 0 bridgehead atoms. The molecule has 0 aliphatic carbocycles. The van der Waals surface area contributed by atoms with E-state index in [1.807, 2.05) is 24.3 Å². The smallest absolute Gasteiger partial charge is 0.246 e. The zero-order valence-electron chi connectivity index (χ0n) is 19.2. The number of carbonyl (C=O) groups is 3. The average Bonchev–Trinajstić information content (AvgIpc) is 3.35. The number of hydrogen-bond acceptors (Lipinski definition) is 5. The van der Waals surface area contributed by atoms with Crippen molar-refractivity contribution in [3.63, 3.8) is 0 Å². The highest BCUT2D eigenvalue weighted by Gasteiger charge is 2.37. The van der Waals surface area contributed by atoms with Gasteiger partial charge in [0.05, 0.1) is 12.5 Å². The van der Waals surface area contributed by atoms with Crippen molar-refractivity contribution in [3.05, 3.63) is 24.3 Å². The number of anilines is 1. The number of carbonyl (C=O) groups excluding carboxylic acids is 3. The van der Waals surface area contributed by atoms with Crippen molar-refractivity contribution < 1.29 is 19.1 Å². The SMILES string of the molecule is C[C@@H]1CCCN1CCCOc1ccc(N2CCN(C(=O)C3CC(=O)N(C)C3)CC2=O)cc1. The zero-order chi connectivity index (χ0) is 22.7. The third-order valence-electron chi connectivity index (χ3n) is 6.92. The first-order valence-corrected chi connectivity index (χ1v) is 11.7. The first-order valence-electron chi connectivity index (χ1n) is 11.7. The first kappa shape index (κ1) is 22.6. The molecule has 3 heterocycles. The first-order chi connectivity index (χ1) is 15.4. The molecule has 4 rings (SSSR count). The lowest BCUT2D eigenvalue weighted by Crippen LogP contribution is -2.53. The molecule has 3 aliphatic heterocycles. The van der Waals surface area contributed by atoms with Crippen molar-refractivity contribution in [3.8, 4) is 5.75 Å². The van der Waals surface area contributed by atoms with Gasteiger partial charge < -0.3 is 24.3 Å². The maximum atomic E-state index is 12.7. The lowest BCUT2D eigenvalue weighted by Gasteiger charge is -2.35. The molecule has 1 aromatic carbocycles. The molecule has 8 heteroatoms. The molecule has 0 spiro atoms. The lowest BCUT2D eigenvalue weighted by atomic mass is 10.1. The minimum atomic E-state index is -0.336. The van der Waals surface area contributed by atoms with Gasteiger partial charge in [0.1, 0.15) is 12.3 Å². The Balaban J connectivity index is 1.23. The summed E-state index contributed by atoms with van der Waals surface area (Å²) in [7, 11) is 1.71. The van der Waals surface area contributed by atoms with Gasteiger partial charge in [-0.25, -0.2) is 0 Å². The van der Waals surface area contributed by atoms with Crippen LogP contribution in [0.15, 0.2) is 24.3 Å². The van der Waals surface area contributed by atoms with Gasteiger partial charge in [0.25, 0.3) is 0 Å². The van der Waals surface area contributed by atoms with E-state index in [-0.39, 0.29) is 36.6 Å². The summed E-state index contributed by atoms with van der Waals surface area (Å²) in [5.41, 5.74) is 0.816. The molecule has 3 amide bonds. The van der Waals surface area contributed by atoms with Crippen molar-refractivity contribution in [2.45, 2.75) is 38.6 Å². The van der Waals surface area contributed by atoms with Gasteiger partial charge in [-0.3, -0.25) is 14.4 Å². The van der Waals surface area contributed by atoms with E-state index in [4.69, 9.17) is 4.74 Å². The molecule has 8 nitrogen and oxygen atoms in total. The van der Waals surface area contributed by atoms with Crippen LogP contribution >= 0.6 is 0 Å². The van der Waals surface area contributed by atoms with Crippen LogP contribution in [0.5, 0.6) is 5.75 Å². The van der Waals surface area contributed by atoms with Crippen LogP contribution < -0.4 is 9.64 Å². The molecule has 1 unspecified atom stereocenters. The number of nitrogens with zero attached hydrogens (tertiary/aromatic N) is 4. The third-order valence-corrected chi connectivity index (χ3v) is 6.92. The number of hydrogen-bond donors (Lipinski definition) is 0. The van der Waals surface area contributed by atoms with Gasteiger partial charge in [0.2, 0.25) is 17.7 Å². The molecule has 0 N–H and O–H groups in total. The quantitative estimate of drug-likeness (QED) is 0.600. The Morgan fingerprint density at radius 1 is 1.09 bits per heavy atom. The molecule has 32 heavy (non-hydrogen) atoms. The fraction of sp³-hybridized carbons (Fsp3) is 0.625. The standard InChI is InChI=1S/C24H34N4O4/c1-18-5-3-10-26(18)11-4-14-32-21-8-6-20(7-9-21)28-13-12-27(17-23(28)30)24(31)19-15-22(29)25(2)16-19/h6-9,18-19H,3-5,10-17H2,1-2H3/t18-,19?/m1/s1. The van der Waals surface area contributed by atoms with Crippen LogP contribution in [0.3, 0.4) is 0 Å². The van der Waals surface area contributed by atoms with E-state index in [1.165, 1.54) is 19.4 Å². The summed E-state index contributed by atoms with van der Waals surface area (Å²) in [6.07, 6.45) is 3.83. The van der Waals surface area contributed by atoms with Crippen molar-refractivity contribution in [2.75, 3.05) is 57.8 Å². The van der Waals surface area contributed by atoms with Crippen molar-refractivity contribution >= 4 is 23.4 Å². The Bertz CT molecular complexity index is 843. The Hall–Kier alpha value is -2.61. The molecule has 3 saturated heterocycles. The second-order valence-electron chi connectivity index (χ2n) is 9.20. The Labute approximate surface area is 190 Å². The van der Waals surface area contributed by atoms with E-state index in [1.54, 1.807) is 21.7 Å². The number of rotatable bonds is 7. The van der Waals surface area contributed by atoms with E-state index >= 15 is 0 Å². The van der Waals surface area contributed by atoms with Gasteiger partial charge in [-0.15, -0.1) is 0 Å². The van der Waals surface area contributed by atoms with Gasteiger partial charge in [-0.1, -0.05) is 0 Å². The normalized spacial score (nSPS) is 24.5. The Morgan fingerprint density at radius 3 is 2.50 bits per heavy atom. The fourth-order valence-corrected chi connectivity index (χ4v) is 4.93. The van der Waals surface area contributed by atoms with Crippen LogP contribution in [0.1, 0.15) is 32.6 Å². The highest BCUT2D eigenvalue weighted by molar-refractivity contribution is 5.99. The van der Waals surface area contributed by atoms with Gasteiger partial charge >= 0.3 is 0 Å². The predicted molar refractivity (Wildman–Crippen MR) is 122 cm³/mol. The monoisotopic (exact) mass is 442 g/mol. The number of piperazine rings is 1. The van der Waals surface area contributed by atoms with E-state index < -0.39 is 0 Å². The molecular formula is C24H34N4O4. The average molecular weight is 443 g/mol. The molecule has 3 aliphatic rings. The summed E-state index contributed by atoms with van der Waals surface area (Å²) in [5, 5.41) is 0. The molecular weight excluding hydrogens is 408 g/mol. The number of amides is 3. The molecule has 0 saturated carbocycles. The van der Waals surface area contributed by atoms with Gasteiger partial charge in [0, 0.05) is 51.4 Å². The summed E-state index contributed by atoms with van der Waals surface area (Å²) in [6.45, 7) is 6.66. The van der Waals surface area contributed by atoms with Crippen LogP contribution in [-0.2, 0) is 14.4 Å². The number of ether oxygens (including phenoxy) is 1. The second-order valence-corrected chi connectivity index (χ2v) is 9.20. The number of likely N-dealkylation sites (tertiary alicyclic amines) is 2.